The minimum atomic E-state index is 0.322. The summed E-state index contributed by atoms with van der Waals surface area (Å²) in [6.45, 7) is 0. The van der Waals surface area contributed by atoms with E-state index >= 15 is 0 Å². The molecule has 0 aliphatic heterocycles. The van der Waals surface area contributed by atoms with Gasteiger partial charge in [0.1, 0.15) is 11.5 Å². The van der Waals surface area contributed by atoms with Gasteiger partial charge in [-0.05, 0) is 41.3 Å². The highest BCUT2D eigenvalue weighted by atomic mass is 32.2. The van der Waals surface area contributed by atoms with Crippen molar-refractivity contribution < 1.29 is 9.84 Å². The lowest BCUT2D eigenvalue weighted by Gasteiger charge is -2.06. The second kappa shape index (κ2) is 4.03. The molecule has 0 aliphatic carbocycles. The molecule has 2 aromatic carbocycles. The number of hydrogen-bond acceptors (Lipinski definition) is 3. The second-order valence-corrected chi connectivity index (χ2v) is 4.09. The molecule has 2 aromatic rings. The van der Waals surface area contributed by atoms with Crippen LogP contribution in [0.5, 0.6) is 11.5 Å². The molecule has 0 bridgehead atoms. The van der Waals surface area contributed by atoms with E-state index in [1.54, 1.807) is 13.2 Å². The van der Waals surface area contributed by atoms with Gasteiger partial charge in [-0.3, -0.25) is 0 Å². The summed E-state index contributed by atoms with van der Waals surface area (Å²) in [6, 6.07) is 9.58. The van der Waals surface area contributed by atoms with Crippen LogP contribution in [0.25, 0.3) is 10.8 Å². The van der Waals surface area contributed by atoms with Gasteiger partial charge in [-0.2, -0.15) is 0 Å². The Kier molecular flexibility index (Phi) is 2.73. The smallest absolute Gasteiger partial charge is 0.129 e. The van der Waals surface area contributed by atoms with E-state index < -0.39 is 0 Å². The normalized spacial score (nSPS) is 10.5. The molecule has 1 N–H and O–H groups in total. The first-order valence-corrected chi connectivity index (χ1v) is 5.82. The zero-order valence-electron chi connectivity index (χ0n) is 8.65. The fraction of sp³-hybridized carbons (Fsp3) is 0.167. The number of rotatable bonds is 2. The number of ether oxygens (including phenoxy) is 1. The highest BCUT2D eigenvalue weighted by Gasteiger charge is 2.03. The van der Waals surface area contributed by atoms with Crippen molar-refractivity contribution in [3.8, 4) is 11.5 Å². The lowest BCUT2D eigenvalue weighted by molar-refractivity contribution is 0.415. The van der Waals surface area contributed by atoms with Gasteiger partial charge >= 0.3 is 0 Å². The average molecular weight is 220 g/mol. The minimum absolute atomic E-state index is 0.322. The first-order valence-electron chi connectivity index (χ1n) is 4.59. The van der Waals surface area contributed by atoms with Crippen LogP contribution in [0.3, 0.4) is 0 Å². The van der Waals surface area contributed by atoms with Gasteiger partial charge in [0.25, 0.3) is 0 Å². The van der Waals surface area contributed by atoms with Gasteiger partial charge in [-0.25, -0.2) is 0 Å². The van der Waals surface area contributed by atoms with Crippen LogP contribution >= 0.6 is 11.8 Å². The van der Waals surface area contributed by atoms with Gasteiger partial charge in [0.05, 0.1) is 7.11 Å². The first kappa shape index (κ1) is 10.2. The van der Waals surface area contributed by atoms with Crippen LogP contribution < -0.4 is 4.74 Å². The predicted octanol–water partition coefficient (Wildman–Crippen LogP) is 3.28. The number of phenols is 1. The molecular weight excluding hydrogens is 208 g/mol. The number of hydrogen-bond donors (Lipinski definition) is 1. The zero-order valence-corrected chi connectivity index (χ0v) is 9.47. The Morgan fingerprint density at radius 2 is 1.93 bits per heavy atom. The summed E-state index contributed by atoms with van der Waals surface area (Å²) in [5, 5.41) is 11.8. The van der Waals surface area contributed by atoms with E-state index in [0.717, 1.165) is 21.4 Å². The number of thioether (sulfide) groups is 1. The molecule has 0 heterocycles. The molecule has 0 spiro atoms. The van der Waals surface area contributed by atoms with Crippen molar-refractivity contribution in [3.05, 3.63) is 30.3 Å². The van der Waals surface area contributed by atoms with Crippen LogP contribution in [0.15, 0.2) is 35.2 Å². The molecule has 3 heteroatoms. The molecule has 0 radical (unpaired) electrons. The maximum absolute atomic E-state index is 9.71. The van der Waals surface area contributed by atoms with E-state index in [-0.39, 0.29) is 0 Å². The summed E-state index contributed by atoms with van der Waals surface area (Å²) >= 11 is 1.54. The van der Waals surface area contributed by atoms with Gasteiger partial charge in [0.15, 0.2) is 0 Å². The Morgan fingerprint density at radius 3 is 2.60 bits per heavy atom. The summed E-state index contributed by atoms with van der Waals surface area (Å²) in [4.78, 5) is 0.896. The topological polar surface area (TPSA) is 29.5 Å². The monoisotopic (exact) mass is 220 g/mol. The fourth-order valence-electron chi connectivity index (χ4n) is 1.53. The van der Waals surface area contributed by atoms with E-state index in [0.29, 0.717) is 5.75 Å². The largest absolute Gasteiger partial charge is 0.507 e. The standard InChI is InChI=1S/C12H12O2S/c1-14-10-4-3-8-7-12(15-2)11(13)6-9(8)5-10/h3-7,13H,1-2H3. The number of methoxy groups -OCH3 is 1. The molecular formula is C12H12O2S. The quantitative estimate of drug-likeness (QED) is 0.788. The lowest BCUT2D eigenvalue weighted by Crippen LogP contribution is -1.83. The summed E-state index contributed by atoms with van der Waals surface area (Å²) < 4.78 is 5.13. The molecule has 78 valence electrons. The summed E-state index contributed by atoms with van der Waals surface area (Å²) in [5.74, 6) is 1.13. The third-order valence-electron chi connectivity index (χ3n) is 2.35. The van der Waals surface area contributed by atoms with Crippen LogP contribution in [0.2, 0.25) is 0 Å². The number of fused-ring (bicyclic) bond motifs is 1. The van der Waals surface area contributed by atoms with E-state index in [9.17, 15) is 5.11 Å². The minimum Gasteiger partial charge on any atom is -0.507 e. The Hall–Kier alpha value is -1.35. The van der Waals surface area contributed by atoms with E-state index in [2.05, 4.69) is 0 Å². The van der Waals surface area contributed by atoms with Gasteiger partial charge in [0.2, 0.25) is 0 Å². The van der Waals surface area contributed by atoms with Crippen LogP contribution in [0, 0.1) is 0 Å². The lowest BCUT2D eigenvalue weighted by atomic mass is 10.1. The average Bonchev–Trinajstić information content (AvgIpc) is 2.27. The first-order chi connectivity index (χ1) is 7.24. The van der Waals surface area contributed by atoms with E-state index in [1.165, 1.54) is 11.8 Å². The van der Waals surface area contributed by atoms with Gasteiger partial charge in [-0.1, -0.05) is 6.07 Å². The molecule has 0 aliphatic rings. The summed E-state index contributed by atoms with van der Waals surface area (Å²) in [7, 11) is 1.64. The number of benzene rings is 2. The Labute approximate surface area is 92.9 Å². The van der Waals surface area contributed by atoms with E-state index in [4.69, 9.17) is 4.74 Å². The van der Waals surface area contributed by atoms with Gasteiger partial charge in [0, 0.05) is 4.90 Å². The SMILES string of the molecule is COc1ccc2cc(SC)c(O)cc2c1. The molecule has 0 atom stereocenters. The Bertz CT molecular complexity index is 494. The summed E-state index contributed by atoms with van der Waals surface area (Å²) in [5.41, 5.74) is 0. The third-order valence-corrected chi connectivity index (χ3v) is 3.11. The Morgan fingerprint density at radius 1 is 1.13 bits per heavy atom. The van der Waals surface area contributed by atoms with Crippen LogP contribution in [0.4, 0.5) is 0 Å². The van der Waals surface area contributed by atoms with E-state index in [1.807, 2.05) is 30.5 Å². The molecule has 15 heavy (non-hydrogen) atoms. The van der Waals surface area contributed by atoms with Crippen molar-refractivity contribution in [3.63, 3.8) is 0 Å². The van der Waals surface area contributed by atoms with Crippen molar-refractivity contribution in [1.82, 2.24) is 0 Å². The highest BCUT2D eigenvalue weighted by Crippen LogP contribution is 2.32. The molecule has 0 amide bonds. The molecule has 0 saturated heterocycles. The molecule has 0 saturated carbocycles. The molecule has 0 aromatic heterocycles. The maximum Gasteiger partial charge on any atom is 0.129 e. The highest BCUT2D eigenvalue weighted by molar-refractivity contribution is 7.98. The second-order valence-electron chi connectivity index (χ2n) is 3.24. The van der Waals surface area contributed by atoms with Gasteiger partial charge < -0.3 is 9.84 Å². The van der Waals surface area contributed by atoms with Crippen LogP contribution in [0.1, 0.15) is 0 Å². The van der Waals surface area contributed by atoms with Crippen LogP contribution in [-0.4, -0.2) is 18.5 Å². The number of aromatic hydroxyl groups is 1. The van der Waals surface area contributed by atoms with Crippen molar-refractivity contribution in [2.75, 3.05) is 13.4 Å². The van der Waals surface area contributed by atoms with Crippen LogP contribution in [-0.2, 0) is 0 Å². The predicted molar refractivity (Wildman–Crippen MR) is 63.9 cm³/mol. The fourth-order valence-corrected chi connectivity index (χ4v) is 2.05. The Balaban J connectivity index is 2.65. The molecule has 0 unspecified atom stereocenters. The number of phenolic OH excluding ortho intramolecular Hbond substituents is 1. The van der Waals surface area contributed by atoms with Crippen molar-refractivity contribution >= 4 is 22.5 Å². The van der Waals surface area contributed by atoms with Crippen molar-refractivity contribution in [2.24, 2.45) is 0 Å². The molecule has 2 rings (SSSR count). The summed E-state index contributed by atoms with van der Waals surface area (Å²) in [6.07, 6.45) is 1.95. The molecule has 2 nitrogen and oxygen atoms in total. The third kappa shape index (κ3) is 1.88. The van der Waals surface area contributed by atoms with Crippen molar-refractivity contribution in [2.45, 2.75) is 4.90 Å². The van der Waals surface area contributed by atoms with Gasteiger partial charge in [-0.15, -0.1) is 11.8 Å². The zero-order chi connectivity index (χ0) is 10.8. The molecule has 0 fully saturated rings. The maximum atomic E-state index is 9.71. The van der Waals surface area contributed by atoms with Crippen molar-refractivity contribution in [1.29, 1.82) is 0 Å².